The molecule has 1 N–H and O–H groups in total. The number of carbonyl (C=O) groups excluding carboxylic acids is 1. The number of benzene rings is 1. The lowest BCUT2D eigenvalue weighted by Crippen LogP contribution is -2.28. The van der Waals surface area contributed by atoms with E-state index >= 15 is 0 Å². The second kappa shape index (κ2) is 7.07. The smallest absolute Gasteiger partial charge is 0.254 e. The lowest BCUT2D eigenvalue weighted by atomic mass is 10.1. The summed E-state index contributed by atoms with van der Waals surface area (Å²) in [5.74, 6) is -0.400. The van der Waals surface area contributed by atoms with Crippen LogP contribution in [0.2, 0.25) is 0 Å². The molecule has 1 amide bonds. The van der Waals surface area contributed by atoms with Crippen LogP contribution in [-0.2, 0) is 6.54 Å². The van der Waals surface area contributed by atoms with E-state index in [0.29, 0.717) is 19.0 Å². The molecule has 26 heavy (non-hydrogen) atoms. The minimum Gasteiger partial charge on any atom is -0.350 e. The number of amides is 1. The highest BCUT2D eigenvalue weighted by Gasteiger charge is 2.30. The summed E-state index contributed by atoms with van der Waals surface area (Å²) in [5, 5.41) is 7.29. The molecular weight excluding hydrogens is 331 g/mol. The molecule has 1 aliphatic rings. The van der Waals surface area contributed by atoms with Crippen LogP contribution in [0.4, 0.5) is 4.39 Å². The van der Waals surface area contributed by atoms with E-state index in [1.807, 2.05) is 23.0 Å². The number of pyridine rings is 1. The van der Waals surface area contributed by atoms with Gasteiger partial charge in [-0.15, -0.1) is 0 Å². The lowest BCUT2D eigenvalue weighted by Gasteiger charge is -2.10. The van der Waals surface area contributed by atoms with Crippen molar-refractivity contribution in [3.05, 3.63) is 72.1 Å². The van der Waals surface area contributed by atoms with Crippen molar-refractivity contribution >= 4 is 5.91 Å². The topological polar surface area (TPSA) is 59.8 Å². The van der Waals surface area contributed by atoms with Gasteiger partial charge in [0.1, 0.15) is 5.82 Å². The largest absolute Gasteiger partial charge is 0.350 e. The number of nitrogens with zero attached hydrogens (tertiary/aromatic N) is 3. The van der Waals surface area contributed by atoms with Gasteiger partial charge in [-0.1, -0.05) is 12.1 Å². The van der Waals surface area contributed by atoms with Gasteiger partial charge in [0.15, 0.2) is 0 Å². The molecule has 2 heterocycles. The molecule has 0 aliphatic heterocycles. The second-order valence-corrected chi connectivity index (χ2v) is 6.41. The van der Waals surface area contributed by atoms with Crippen LogP contribution in [0.15, 0.2) is 55.0 Å². The number of aromatic nitrogens is 3. The summed E-state index contributed by atoms with van der Waals surface area (Å²) < 4.78 is 15.6. The molecule has 0 radical (unpaired) electrons. The third-order valence-corrected chi connectivity index (χ3v) is 4.56. The van der Waals surface area contributed by atoms with Crippen molar-refractivity contribution < 1.29 is 9.18 Å². The number of carbonyl (C=O) groups is 1. The average Bonchev–Trinajstić information content (AvgIpc) is 3.42. The average molecular weight is 350 g/mol. The predicted molar refractivity (Wildman–Crippen MR) is 96.2 cm³/mol. The number of halogens is 1. The summed E-state index contributed by atoms with van der Waals surface area (Å²) in [5.41, 5.74) is 3.49. The van der Waals surface area contributed by atoms with Crippen LogP contribution in [-0.4, -0.2) is 27.2 Å². The predicted octanol–water partition coefficient (Wildman–Crippen LogP) is 3.39. The molecule has 5 nitrogen and oxygen atoms in total. The fraction of sp³-hybridized carbons (Fsp3) is 0.250. The highest BCUT2D eigenvalue weighted by Crippen LogP contribution is 2.44. The molecule has 2 aromatic heterocycles. The lowest BCUT2D eigenvalue weighted by molar-refractivity contribution is 0.0948. The van der Waals surface area contributed by atoms with Crippen molar-refractivity contribution in [1.29, 1.82) is 0 Å². The van der Waals surface area contributed by atoms with E-state index in [1.165, 1.54) is 17.8 Å². The number of hydrogen-bond acceptors (Lipinski definition) is 3. The van der Waals surface area contributed by atoms with Crippen LogP contribution in [0.25, 0.3) is 11.1 Å². The molecule has 0 saturated heterocycles. The van der Waals surface area contributed by atoms with Crippen molar-refractivity contribution in [2.45, 2.75) is 25.3 Å². The molecule has 132 valence electrons. The third-order valence-electron chi connectivity index (χ3n) is 4.56. The molecule has 6 heteroatoms. The Kier molecular flexibility index (Phi) is 4.48. The van der Waals surface area contributed by atoms with E-state index in [4.69, 9.17) is 0 Å². The Morgan fingerprint density at radius 3 is 2.69 bits per heavy atom. The maximum absolute atomic E-state index is 13.7. The Morgan fingerprint density at radius 2 is 1.96 bits per heavy atom. The van der Waals surface area contributed by atoms with E-state index in [9.17, 15) is 9.18 Å². The van der Waals surface area contributed by atoms with Gasteiger partial charge in [-0.05, 0) is 42.7 Å². The van der Waals surface area contributed by atoms with E-state index in [-0.39, 0.29) is 5.56 Å². The third kappa shape index (κ3) is 3.35. The first-order chi connectivity index (χ1) is 12.7. The molecule has 1 fully saturated rings. The summed E-state index contributed by atoms with van der Waals surface area (Å²) in [6.45, 7) is 0.946. The van der Waals surface area contributed by atoms with Gasteiger partial charge in [0.25, 0.3) is 5.91 Å². The van der Waals surface area contributed by atoms with Gasteiger partial charge >= 0.3 is 0 Å². The Balaban J connectivity index is 1.47. The van der Waals surface area contributed by atoms with Gasteiger partial charge < -0.3 is 5.32 Å². The summed E-state index contributed by atoms with van der Waals surface area (Å²) >= 11 is 0. The molecule has 1 aliphatic carbocycles. The molecular formula is C20H19FN4O. The fourth-order valence-electron chi connectivity index (χ4n) is 3.13. The molecule has 4 rings (SSSR count). The summed E-state index contributed by atoms with van der Waals surface area (Å²) in [7, 11) is 0. The molecule has 3 aromatic rings. The highest BCUT2D eigenvalue weighted by molar-refractivity contribution is 5.94. The quantitative estimate of drug-likeness (QED) is 0.741. The van der Waals surface area contributed by atoms with E-state index in [0.717, 1.165) is 24.0 Å². The number of hydrogen-bond donors (Lipinski definition) is 1. The number of nitrogens with one attached hydrogen (secondary N) is 1. The maximum Gasteiger partial charge on any atom is 0.254 e. The van der Waals surface area contributed by atoms with Gasteiger partial charge in [0.05, 0.1) is 18.3 Å². The normalized spacial score (nSPS) is 13.6. The van der Waals surface area contributed by atoms with Crippen molar-refractivity contribution in [3.63, 3.8) is 0 Å². The molecule has 0 unspecified atom stereocenters. The Labute approximate surface area is 150 Å². The summed E-state index contributed by atoms with van der Waals surface area (Å²) in [6, 6.07) is 9.95. The maximum atomic E-state index is 13.7. The van der Waals surface area contributed by atoms with E-state index in [1.54, 1.807) is 24.5 Å². The Hall–Kier alpha value is -3.02. The molecule has 0 atom stereocenters. The van der Waals surface area contributed by atoms with Crippen molar-refractivity contribution in [2.75, 3.05) is 6.54 Å². The van der Waals surface area contributed by atoms with Gasteiger partial charge in [-0.3, -0.25) is 14.5 Å². The minimum absolute atomic E-state index is 0.0628. The fourth-order valence-corrected chi connectivity index (χ4v) is 3.13. The first-order valence-electron chi connectivity index (χ1n) is 8.73. The van der Waals surface area contributed by atoms with Crippen molar-refractivity contribution in [2.24, 2.45) is 0 Å². The molecule has 0 spiro atoms. The first kappa shape index (κ1) is 16.4. The molecule has 1 saturated carbocycles. The first-order valence-corrected chi connectivity index (χ1v) is 8.73. The van der Waals surface area contributed by atoms with Crippen LogP contribution in [0.3, 0.4) is 0 Å². The van der Waals surface area contributed by atoms with E-state index in [2.05, 4.69) is 15.4 Å². The minimum atomic E-state index is -0.511. The van der Waals surface area contributed by atoms with Crippen molar-refractivity contribution in [1.82, 2.24) is 20.1 Å². The SMILES string of the molecule is O=C(NCCn1ncc(-c2ccncc2)c1C1CC1)c1ccccc1F. The highest BCUT2D eigenvalue weighted by atomic mass is 19.1. The zero-order valence-corrected chi connectivity index (χ0v) is 14.2. The van der Waals surface area contributed by atoms with Crippen LogP contribution in [0.1, 0.15) is 34.8 Å². The number of rotatable bonds is 6. The standard InChI is InChI=1S/C20H19FN4O/c21-18-4-2-1-3-16(18)20(26)23-11-12-25-19(15-5-6-15)17(13-24-25)14-7-9-22-10-8-14/h1-4,7-10,13,15H,5-6,11-12H2,(H,23,26). The van der Waals surface area contributed by atoms with Crippen LogP contribution >= 0.6 is 0 Å². The Morgan fingerprint density at radius 1 is 1.19 bits per heavy atom. The molecule has 0 bridgehead atoms. The van der Waals surface area contributed by atoms with Crippen molar-refractivity contribution in [3.8, 4) is 11.1 Å². The van der Waals surface area contributed by atoms with Crippen LogP contribution in [0, 0.1) is 5.82 Å². The van der Waals surface area contributed by atoms with Gasteiger partial charge in [0, 0.05) is 36.1 Å². The van der Waals surface area contributed by atoms with Gasteiger partial charge in [-0.2, -0.15) is 5.10 Å². The second-order valence-electron chi connectivity index (χ2n) is 6.41. The van der Waals surface area contributed by atoms with Gasteiger partial charge in [0.2, 0.25) is 0 Å². The van der Waals surface area contributed by atoms with Crippen LogP contribution < -0.4 is 5.32 Å². The summed E-state index contributed by atoms with van der Waals surface area (Å²) in [4.78, 5) is 16.2. The zero-order valence-electron chi connectivity index (χ0n) is 14.2. The Bertz CT molecular complexity index is 919. The van der Waals surface area contributed by atoms with Crippen LogP contribution in [0.5, 0.6) is 0 Å². The summed E-state index contributed by atoms with van der Waals surface area (Å²) in [6.07, 6.45) is 7.74. The monoisotopic (exact) mass is 350 g/mol. The molecule has 1 aromatic carbocycles. The van der Waals surface area contributed by atoms with Gasteiger partial charge in [-0.25, -0.2) is 4.39 Å². The zero-order chi connectivity index (χ0) is 17.9. The van der Waals surface area contributed by atoms with E-state index < -0.39 is 11.7 Å².